The molecule has 2 nitrogen and oxygen atoms in total. The molecule has 1 aromatic carbocycles. The minimum Gasteiger partial charge on any atom is -0.375 e. The largest absolute Gasteiger partial charge is 0.375 e. The molecule has 20 heavy (non-hydrogen) atoms. The highest BCUT2D eigenvalue weighted by Gasteiger charge is 2.44. The first-order valence-electron chi connectivity index (χ1n) is 7.71. The zero-order valence-electron chi connectivity index (χ0n) is 12.4. The van der Waals surface area contributed by atoms with Crippen molar-refractivity contribution in [2.24, 2.45) is 5.92 Å². The molecule has 1 N–H and O–H groups in total. The minimum absolute atomic E-state index is 0.201. The van der Waals surface area contributed by atoms with Crippen LogP contribution in [0.5, 0.6) is 0 Å². The lowest BCUT2D eigenvalue weighted by Gasteiger charge is -2.48. The lowest BCUT2D eigenvalue weighted by atomic mass is 9.69. The molecule has 2 atom stereocenters. The van der Waals surface area contributed by atoms with Crippen molar-refractivity contribution < 1.29 is 4.74 Å². The lowest BCUT2D eigenvalue weighted by Crippen LogP contribution is -2.47. The van der Waals surface area contributed by atoms with Crippen molar-refractivity contribution in [2.75, 3.05) is 13.7 Å². The van der Waals surface area contributed by atoms with Crippen molar-refractivity contribution in [1.29, 1.82) is 0 Å². The minimum atomic E-state index is 0.201. The molecule has 0 amide bonds. The van der Waals surface area contributed by atoms with Crippen LogP contribution in [-0.2, 0) is 4.74 Å². The molecule has 1 aliphatic carbocycles. The quantitative estimate of drug-likeness (QED) is 0.899. The summed E-state index contributed by atoms with van der Waals surface area (Å²) >= 11 is 6.30. The van der Waals surface area contributed by atoms with Gasteiger partial charge in [-0.05, 0) is 69.2 Å². The number of hydrogen-bond acceptors (Lipinski definition) is 2. The van der Waals surface area contributed by atoms with E-state index < -0.39 is 0 Å². The summed E-state index contributed by atoms with van der Waals surface area (Å²) in [7, 11) is 2.06. The summed E-state index contributed by atoms with van der Waals surface area (Å²) in [6, 6.07) is 6.85. The maximum atomic E-state index is 6.30. The second kappa shape index (κ2) is 5.67. The summed E-state index contributed by atoms with van der Waals surface area (Å²) in [4.78, 5) is 0. The van der Waals surface area contributed by atoms with Gasteiger partial charge in [0.1, 0.15) is 0 Å². The van der Waals surface area contributed by atoms with Crippen LogP contribution >= 0.6 is 11.6 Å². The Bertz CT molecular complexity index is 484. The van der Waals surface area contributed by atoms with Crippen LogP contribution in [0.3, 0.4) is 0 Å². The second-order valence-corrected chi connectivity index (χ2v) is 6.82. The van der Waals surface area contributed by atoms with Crippen molar-refractivity contribution in [3.05, 3.63) is 34.3 Å². The highest BCUT2D eigenvalue weighted by atomic mass is 35.5. The maximum absolute atomic E-state index is 6.30. The van der Waals surface area contributed by atoms with E-state index in [2.05, 4.69) is 37.5 Å². The monoisotopic (exact) mass is 293 g/mol. The summed E-state index contributed by atoms with van der Waals surface area (Å²) in [6.07, 6.45) is 6.14. The van der Waals surface area contributed by atoms with Crippen LogP contribution in [-0.4, -0.2) is 19.3 Å². The van der Waals surface area contributed by atoms with Crippen molar-refractivity contribution >= 4 is 11.6 Å². The molecule has 2 unspecified atom stereocenters. The fourth-order valence-corrected chi connectivity index (χ4v) is 3.94. The normalized spacial score (nSPS) is 26.2. The van der Waals surface area contributed by atoms with Gasteiger partial charge in [0, 0.05) is 17.7 Å². The predicted octanol–water partition coefficient (Wildman–Crippen LogP) is 4.26. The van der Waals surface area contributed by atoms with Crippen LogP contribution in [0.2, 0.25) is 5.02 Å². The van der Waals surface area contributed by atoms with Gasteiger partial charge >= 0.3 is 0 Å². The fourth-order valence-electron chi connectivity index (χ4n) is 3.75. The molecular formula is C17H24ClNO. The molecule has 1 spiro atoms. The molecule has 1 saturated heterocycles. The lowest BCUT2D eigenvalue weighted by molar-refractivity contribution is -0.147. The average molecular weight is 294 g/mol. The molecule has 0 bridgehead atoms. The Kier molecular flexibility index (Phi) is 4.07. The summed E-state index contributed by atoms with van der Waals surface area (Å²) in [6.45, 7) is 2.96. The van der Waals surface area contributed by atoms with E-state index in [9.17, 15) is 0 Å². The summed E-state index contributed by atoms with van der Waals surface area (Å²) < 4.78 is 6.05. The van der Waals surface area contributed by atoms with Crippen LogP contribution in [0.15, 0.2) is 18.2 Å². The van der Waals surface area contributed by atoms with Gasteiger partial charge in [-0.3, -0.25) is 0 Å². The topological polar surface area (TPSA) is 21.3 Å². The van der Waals surface area contributed by atoms with Gasteiger partial charge in [0.2, 0.25) is 0 Å². The van der Waals surface area contributed by atoms with Gasteiger partial charge in [0.05, 0.1) is 5.60 Å². The van der Waals surface area contributed by atoms with Crippen LogP contribution in [0.25, 0.3) is 0 Å². The standard InChI is InChI=1S/C17H24ClNO/c1-12-4-5-13(10-15(12)18)16(19-2)14-6-9-20-17(11-14)7-3-8-17/h4-5,10,14,16,19H,3,6-9,11H2,1-2H3. The zero-order chi connectivity index (χ0) is 14.2. The highest BCUT2D eigenvalue weighted by Crippen LogP contribution is 2.47. The number of nitrogens with one attached hydrogen (secondary N) is 1. The second-order valence-electron chi connectivity index (χ2n) is 6.41. The van der Waals surface area contributed by atoms with Gasteiger partial charge < -0.3 is 10.1 Å². The van der Waals surface area contributed by atoms with E-state index in [0.29, 0.717) is 12.0 Å². The highest BCUT2D eigenvalue weighted by molar-refractivity contribution is 6.31. The summed E-state index contributed by atoms with van der Waals surface area (Å²) in [5.41, 5.74) is 2.66. The third-order valence-corrected chi connectivity index (χ3v) is 5.54. The van der Waals surface area contributed by atoms with Crippen LogP contribution in [0, 0.1) is 12.8 Å². The maximum Gasteiger partial charge on any atom is 0.0686 e. The molecular weight excluding hydrogens is 270 g/mol. The molecule has 2 fully saturated rings. The Labute approximate surface area is 126 Å². The van der Waals surface area contributed by atoms with E-state index in [0.717, 1.165) is 23.6 Å². The predicted molar refractivity (Wildman–Crippen MR) is 83.2 cm³/mol. The molecule has 2 aliphatic rings. The Balaban J connectivity index is 1.79. The van der Waals surface area contributed by atoms with Crippen LogP contribution < -0.4 is 5.32 Å². The van der Waals surface area contributed by atoms with E-state index in [1.54, 1.807) is 0 Å². The Morgan fingerprint density at radius 2 is 2.20 bits per heavy atom. The summed E-state index contributed by atoms with van der Waals surface area (Å²) in [5, 5.41) is 4.38. The van der Waals surface area contributed by atoms with Crippen LogP contribution in [0.4, 0.5) is 0 Å². The van der Waals surface area contributed by atoms with Crippen LogP contribution in [0.1, 0.15) is 49.3 Å². The summed E-state index contributed by atoms with van der Waals surface area (Å²) in [5.74, 6) is 0.646. The SMILES string of the molecule is CNC(c1ccc(C)c(Cl)c1)C1CCOC2(CCC2)C1. The molecule has 0 radical (unpaired) electrons. The third-order valence-electron chi connectivity index (χ3n) is 5.13. The van der Waals surface area contributed by atoms with Crippen molar-refractivity contribution in [1.82, 2.24) is 5.32 Å². The Morgan fingerprint density at radius 3 is 2.80 bits per heavy atom. The fraction of sp³-hybridized carbons (Fsp3) is 0.647. The number of hydrogen-bond donors (Lipinski definition) is 1. The molecule has 3 rings (SSSR count). The van der Waals surface area contributed by atoms with Gasteiger partial charge in [-0.25, -0.2) is 0 Å². The number of ether oxygens (including phenoxy) is 1. The first-order chi connectivity index (χ1) is 9.63. The van der Waals surface area contributed by atoms with Gasteiger partial charge in [0.25, 0.3) is 0 Å². The van der Waals surface area contributed by atoms with Gasteiger partial charge in [0.15, 0.2) is 0 Å². The molecule has 0 aromatic heterocycles. The first-order valence-corrected chi connectivity index (χ1v) is 8.09. The van der Waals surface area contributed by atoms with Crippen molar-refractivity contribution in [2.45, 2.75) is 50.7 Å². The molecule has 110 valence electrons. The van der Waals surface area contributed by atoms with Crippen molar-refractivity contribution in [3.8, 4) is 0 Å². The molecule has 1 aliphatic heterocycles. The zero-order valence-corrected chi connectivity index (χ0v) is 13.2. The van der Waals surface area contributed by atoms with Gasteiger partial charge in [-0.15, -0.1) is 0 Å². The van der Waals surface area contributed by atoms with E-state index in [1.165, 1.54) is 31.2 Å². The van der Waals surface area contributed by atoms with Gasteiger partial charge in [-0.2, -0.15) is 0 Å². The van der Waals surface area contributed by atoms with E-state index in [1.807, 2.05) is 0 Å². The van der Waals surface area contributed by atoms with E-state index in [-0.39, 0.29) is 5.60 Å². The molecule has 3 heteroatoms. The number of benzene rings is 1. The molecule has 1 heterocycles. The number of aryl methyl sites for hydroxylation is 1. The van der Waals surface area contributed by atoms with Crippen molar-refractivity contribution in [3.63, 3.8) is 0 Å². The average Bonchev–Trinajstić information content (AvgIpc) is 2.42. The first kappa shape index (κ1) is 14.4. The Morgan fingerprint density at radius 1 is 1.40 bits per heavy atom. The van der Waals surface area contributed by atoms with E-state index >= 15 is 0 Å². The Hall–Kier alpha value is -0.570. The number of rotatable bonds is 3. The van der Waals surface area contributed by atoms with Gasteiger partial charge in [-0.1, -0.05) is 23.7 Å². The number of halogens is 1. The van der Waals surface area contributed by atoms with E-state index in [4.69, 9.17) is 16.3 Å². The molecule has 1 saturated carbocycles. The smallest absolute Gasteiger partial charge is 0.0686 e. The third kappa shape index (κ3) is 2.61. The molecule has 1 aromatic rings.